The van der Waals surface area contributed by atoms with Gasteiger partial charge in [0.25, 0.3) is 5.91 Å². The van der Waals surface area contributed by atoms with Gasteiger partial charge in [-0.1, -0.05) is 27.2 Å². The van der Waals surface area contributed by atoms with Gasteiger partial charge in [0.05, 0.1) is 0 Å². The summed E-state index contributed by atoms with van der Waals surface area (Å²) >= 11 is 0. The molecule has 3 saturated carbocycles. The molecule has 1 saturated heterocycles. The fourth-order valence-electron chi connectivity index (χ4n) is 6.71. The van der Waals surface area contributed by atoms with Crippen LogP contribution in [0.4, 0.5) is 0 Å². The van der Waals surface area contributed by atoms with Crippen LogP contribution in [0.3, 0.4) is 0 Å². The Labute approximate surface area is 182 Å². The molecule has 4 aliphatic rings. The van der Waals surface area contributed by atoms with Gasteiger partial charge < -0.3 is 14.9 Å². The van der Waals surface area contributed by atoms with Gasteiger partial charge in [-0.2, -0.15) is 0 Å². The zero-order valence-electron chi connectivity index (χ0n) is 19.3. The molecule has 0 aromatic heterocycles. The second-order valence-corrected chi connectivity index (χ2v) is 11.0. The molecule has 4 rings (SSSR count). The summed E-state index contributed by atoms with van der Waals surface area (Å²) in [6.45, 7) is 8.74. The quantitative estimate of drug-likeness (QED) is 0.755. The lowest BCUT2D eigenvalue weighted by Gasteiger charge is -2.44. The van der Waals surface area contributed by atoms with Gasteiger partial charge >= 0.3 is 0 Å². The highest BCUT2D eigenvalue weighted by molar-refractivity contribution is 5.88. The Morgan fingerprint density at radius 3 is 2.30 bits per heavy atom. The maximum Gasteiger partial charge on any atom is 0.254 e. The largest absolute Gasteiger partial charge is 0.380 e. The third-order valence-electron chi connectivity index (χ3n) is 8.87. The van der Waals surface area contributed by atoms with Crippen molar-refractivity contribution in [3.05, 3.63) is 0 Å². The van der Waals surface area contributed by atoms with Crippen molar-refractivity contribution in [1.29, 1.82) is 0 Å². The highest BCUT2D eigenvalue weighted by atomic mass is 16.3. The molecule has 5 heteroatoms. The van der Waals surface area contributed by atoms with Crippen molar-refractivity contribution in [3.63, 3.8) is 0 Å². The average molecular weight is 419 g/mol. The van der Waals surface area contributed by atoms with E-state index in [9.17, 15) is 14.7 Å². The minimum Gasteiger partial charge on any atom is -0.380 e. The molecule has 5 nitrogen and oxygen atoms in total. The molecule has 4 atom stereocenters. The van der Waals surface area contributed by atoms with E-state index in [2.05, 4.69) is 20.8 Å². The fourth-order valence-corrected chi connectivity index (χ4v) is 6.71. The zero-order valence-corrected chi connectivity index (χ0v) is 19.3. The Morgan fingerprint density at radius 2 is 1.70 bits per heavy atom. The van der Waals surface area contributed by atoms with Gasteiger partial charge in [0.2, 0.25) is 5.91 Å². The van der Waals surface area contributed by atoms with Crippen LogP contribution in [0.2, 0.25) is 0 Å². The number of hydrogen-bond acceptors (Lipinski definition) is 3. The van der Waals surface area contributed by atoms with Crippen LogP contribution in [0.1, 0.15) is 85.0 Å². The summed E-state index contributed by atoms with van der Waals surface area (Å²) < 4.78 is 0. The maximum atomic E-state index is 13.3. The van der Waals surface area contributed by atoms with Crippen molar-refractivity contribution in [2.24, 2.45) is 29.6 Å². The lowest BCUT2D eigenvalue weighted by molar-refractivity contribution is -0.152. The number of piperazine rings is 1. The summed E-state index contributed by atoms with van der Waals surface area (Å²) in [6, 6.07) is 0.0428. The molecule has 2 amide bonds. The predicted octanol–water partition coefficient (Wildman–Crippen LogP) is 3.84. The van der Waals surface area contributed by atoms with Crippen molar-refractivity contribution < 1.29 is 14.7 Å². The minimum absolute atomic E-state index is 0.0428. The Hall–Kier alpha value is -1.10. The number of nitrogens with zero attached hydrogens (tertiary/aromatic N) is 2. The highest BCUT2D eigenvalue weighted by Gasteiger charge is 2.52. The van der Waals surface area contributed by atoms with Gasteiger partial charge in [-0.25, -0.2) is 0 Å². The molecular formula is C25H42N2O3. The summed E-state index contributed by atoms with van der Waals surface area (Å²) in [7, 11) is 0. The van der Waals surface area contributed by atoms with Crippen LogP contribution in [0.15, 0.2) is 0 Å². The second-order valence-electron chi connectivity index (χ2n) is 11.0. The number of carbonyl (C=O) groups excluding carboxylic acids is 2. The van der Waals surface area contributed by atoms with Crippen LogP contribution < -0.4 is 0 Å². The van der Waals surface area contributed by atoms with Crippen LogP contribution in [0.5, 0.6) is 0 Å². The molecule has 1 heterocycles. The van der Waals surface area contributed by atoms with E-state index in [-0.39, 0.29) is 17.9 Å². The Bertz CT molecular complexity index is 638. The van der Waals surface area contributed by atoms with E-state index in [1.54, 1.807) is 0 Å². The standard InChI is InChI=1S/C25H42N2O3/c1-4-21-16-26(13-14-27(21)24(29)25(30)11-12-25)23(28)20-8-6-19(7-9-20)22-10-5-17(2)15-18(22)3/h17-22,30H,4-16H2,1-3H3. The Kier molecular flexibility index (Phi) is 6.48. The highest BCUT2D eigenvalue weighted by Crippen LogP contribution is 2.44. The first kappa shape index (κ1) is 22.1. The first-order chi connectivity index (χ1) is 14.3. The minimum atomic E-state index is -1.11. The first-order valence-corrected chi connectivity index (χ1v) is 12.6. The van der Waals surface area contributed by atoms with E-state index in [1.807, 2.05) is 9.80 Å². The monoisotopic (exact) mass is 418 g/mol. The molecule has 30 heavy (non-hydrogen) atoms. The number of carbonyl (C=O) groups is 2. The summed E-state index contributed by atoms with van der Waals surface area (Å²) in [5, 5.41) is 10.2. The fraction of sp³-hybridized carbons (Fsp3) is 0.920. The van der Waals surface area contributed by atoms with Crippen LogP contribution in [0.25, 0.3) is 0 Å². The smallest absolute Gasteiger partial charge is 0.254 e. The molecule has 1 aliphatic heterocycles. The second kappa shape index (κ2) is 8.80. The van der Waals surface area contributed by atoms with E-state index >= 15 is 0 Å². The van der Waals surface area contributed by atoms with Gasteiger partial charge in [0.1, 0.15) is 5.60 Å². The SMILES string of the molecule is CCC1CN(C(=O)C2CCC(C3CCC(C)CC3C)CC2)CCN1C(=O)C1(O)CC1. The summed E-state index contributed by atoms with van der Waals surface area (Å²) in [5.41, 5.74) is -1.11. The van der Waals surface area contributed by atoms with Gasteiger partial charge in [0, 0.05) is 31.6 Å². The van der Waals surface area contributed by atoms with Gasteiger partial charge in [0.15, 0.2) is 0 Å². The van der Waals surface area contributed by atoms with E-state index in [0.29, 0.717) is 38.4 Å². The van der Waals surface area contributed by atoms with Crippen molar-refractivity contribution in [3.8, 4) is 0 Å². The normalized spacial score (nSPS) is 38.9. The van der Waals surface area contributed by atoms with E-state index < -0.39 is 5.60 Å². The molecule has 3 aliphatic carbocycles. The van der Waals surface area contributed by atoms with Gasteiger partial charge in [-0.05, 0) is 81.5 Å². The summed E-state index contributed by atoms with van der Waals surface area (Å²) in [5.74, 6) is 3.77. The van der Waals surface area contributed by atoms with Crippen LogP contribution in [0, 0.1) is 29.6 Å². The molecule has 170 valence electrons. The lowest BCUT2D eigenvalue weighted by Crippen LogP contribution is -2.59. The van der Waals surface area contributed by atoms with Crippen LogP contribution >= 0.6 is 0 Å². The number of rotatable bonds is 4. The van der Waals surface area contributed by atoms with Crippen LogP contribution in [-0.2, 0) is 9.59 Å². The number of hydrogen-bond donors (Lipinski definition) is 1. The zero-order chi connectivity index (χ0) is 21.5. The molecule has 0 bridgehead atoms. The molecule has 0 radical (unpaired) electrons. The maximum absolute atomic E-state index is 13.3. The Balaban J connectivity index is 1.29. The van der Waals surface area contributed by atoms with Crippen molar-refractivity contribution >= 4 is 11.8 Å². The van der Waals surface area contributed by atoms with Crippen LogP contribution in [-0.4, -0.2) is 58.0 Å². The molecule has 0 spiro atoms. The molecule has 0 aromatic carbocycles. The third kappa shape index (κ3) is 4.42. The summed E-state index contributed by atoms with van der Waals surface area (Å²) in [4.78, 5) is 29.8. The van der Waals surface area contributed by atoms with E-state index in [1.165, 1.54) is 32.1 Å². The number of aliphatic hydroxyl groups is 1. The van der Waals surface area contributed by atoms with Gasteiger partial charge in [-0.3, -0.25) is 9.59 Å². The Morgan fingerprint density at radius 1 is 1.00 bits per heavy atom. The summed E-state index contributed by atoms with van der Waals surface area (Å²) in [6.07, 6.45) is 10.6. The number of amides is 2. The van der Waals surface area contributed by atoms with Crippen molar-refractivity contribution in [2.75, 3.05) is 19.6 Å². The molecule has 4 unspecified atom stereocenters. The molecule has 0 aromatic rings. The topological polar surface area (TPSA) is 60.9 Å². The van der Waals surface area contributed by atoms with E-state index in [0.717, 1.165) is 42.9 Å². The third-order valence-corrected chi connectivity index (χ3v) is 8.87. The van der Waals surface area contributed by atoms with Crippen molar-refractivity contribution in [1.82, 2.24) is 9.80 Å². The first-order valence-electron chi connectivity index (χ1n) is 12.6. The van der Waals surface area contributed by atoms with Crippen molar-refractivity contribution in [2.45, 2.75) is 96.6 Å². The molecular weight excluding hydrogens is 376 g/mol. The van der Waals surface area contributed by atoms with E-state index in [4.69, 9.17) is 0 Å². The van der Waals surface area contributed by atoms with Gasteiger partial charge in [-0.15, -0.1) is 0 Å². The average Bonchev–Trinajstić information content (AvgIpc) is 3.51. The lowest BCUT2D eigenvalue weighted by atomic mass is 9.65. The molecule has 4 fully saturated rings. The predicted molar refractivity (Wildman–Crippen MR) is 118 cm³/mol. The molecule has 1 N–H and O–H groups in total.